The van der Waals surface area contributed by atoms with E-state index in [2.05, 4.69) is 53.7 Å². The smallest absolute Gasteiger partial charge is 0.277 e. The van der Waals surface area contributed by atoms with Crippen LogP contribution in [0.25, 0.3) is 23.2 Å². The summed E-state index contributed by atoms with van der Waals surface area (Å²) >= 11 is 0. The zero-order chi connectivity index (χ0) is 31.9. The number of hydrogen-bond acceptors (Lipinski definition) is 7. The van der Waals surface area contributed by atoms with E-state index in [4.69, 9.17) is 9.82 Å². The monoisotopic (exact) mass is 604 g/mol. The van der Waals surface area contributed by atoms with Gasteiger partial charge in [-0.3, -0.25) is 14.3 Å². The third-order valence-electron chi connectivity index (χ3n) is 7.14. The number of aryl methyl sites for hydroxylation is 1. The van der Waals surface area contributed by atoms with Gasteiger partial charge in [0.15, 0.2) is 5.76 Å². The van der Waals surface area contributed by atoms with Crippen molar-refractivity contribution in [1.82, 2.24) is 19.9 Å². The Morgan fingerprint density at radius 1 is 0.978 bits per heavy atom. The molecule has 0 fully saturated rings. The SMILES string of the molecule is CC/C=C(\O/N=C(\C)CNc1cnc(-c2ccccc2)n(CCNC/C(C)=C/c2cnccc2CCC)c1=O)c1ccccc1. The summed E-state index contributed by atoms with van der Waals surface area (Å²) in [7, 11) is 0. The van der Waals surface area contributed by atoms with Crippen LogP contribution >= 0.6 is 0 Å². The summed E-state index contributed by atoms with van der Waals surface area (Å²) in [6.07, 6.45) is 12.5. The van der Waals surface area contributed by atoms with Crippen LogP contribution in [0.2, 0.25) is 0 Å². The molecule has 0 spiro atoms. The predicted octanol–water partition coefficient (Wildman–Crippen LogP) is 7.21. The zero-order valence-corrected chi connectivity index (χ0v) is 26.8. The van der Waals surface area contributed by atoms with Crippen molar-refractivity contribution in [3.05, 3.63) is 124 Å². The lowest BCUT2D eigenvalue weighted by molar-refractivity contribution is 0.296. The van der Waals surface area contributed by atoms with Crippen molar-refractivity contribution in [3.63, 3.8) is 0 Å². The van der Waals surface area contributed by atoms with Gasteiger partial charge in [-0.05, 0) is 50.0 Å². The molecule has 0 bridgehead atoms. The van der Waals surface area contributed by atoms with E-state index in [1.165, 1.54) is 11.1 Å². The van der Waals surface area contributed by atoms with E-state index >= 15 is 0 Å². The lowest BCUT2D eigenvalue weighted by Gasteiger charge is -2.15. The molecule has 8 nitrogen and oxygen atoms in total. The molecular weight excluding hydrogens is 560 g/mol. The fraction of sp³-hybridized carbons (Fsp3) is 0.297. The van der Waals surface area contributed by atoms with Gasteiger partial charge in [-0.1, -0.05) is 97.7 Å². The van der Waals surface area contributed by atoms with E-state index in [0.717, 1.165) is 36.0 Å². The molecule has 0 radical (unpaired) electrons. The molecule has 0 aliphatic carbocycles. The van der Waals surface area contributed by atoms with Crippen LogP contribution in [-0.4, -0.2) is 39.9 Å². The maximum atomic E-state index is 13.7. The van der Waals surface area contributed by atoms with Gasteiger partial charge >= 0.3 is 0 Å². The molecule has 8 heteroatoms. The molecule has 0 atom stereocenters. The molecule has 234 valence electrons. The fourth-order valence-electron chi connectivity index (χ4n) is 4.87. The lowest BCUT2D eigenvalue weighted by Crippen LogP contribution is -2.31. The van der Waals surface area contributed by atoms with Gasteiger partial charge in [0.1, 0.15) is 11.5 Å². The summed E-state index contributed by atoms with van der Waals surface area (Å²) in [4.78, 5) is 28.5. The molecule has 2 aromatic heterocycles. The molecule has 0 unspecified atom stereocenters. The number of pyridine rings is 1. The van der Waals surface area contributed by atoms with Gasteiger partial charge in [-0.2, -0.15) is 0 Å². The second kappa shape index (κ2) is 17.5. The Bertz CT molecular complexity index is 1660. The normalized spacial score (nSPS) is 12.3. The van der Waals surface area contributed by atoms with Gasteiger partial charge in [-0.15, -0.1) is 0 Å². The number of benzene rings is 2. The molecule has 2 N–H and O–H groups in total. The minimum absolute atomic E-state index is 0.137. The molecule has 45 heavy (non-hydrogen) atoms. The number of hydrogen-bond donors (Lipinski definition) is 2. The largest absolute Gasteiger partial charge is 0.374 e. The quantitative estimate of drug-likeness (QED) is 0.0608. The van der Waals surface area contributed by atoms with Crippen molar-refractivity contribution >= 4 is 23.2 Å². The first-order valence-electron chi connectivity index (χ1n) is 15.7. The van der Waals surface area contributed by atoms with E-state index in [0.29, 0.717) is 49.2 Å². The first-order valence-corrected chi connectivity index (χ1v) is 15.7. The van der Waals surface area contributed by atoms with Crippen LogP contribution < -0.4 is 16.2 Å². The summed E-state index contributed by atoms with van der Waals surface area (Å²) in [5.41, 5.74) is 6.49. The van der Waals surface area contributed by atoms with Crippen LogP contribution in [0.4, 0.5) is 5.69 Å². The number of allylic oxidation sites excluding steroid dienone is 1. The Morgan fingerprint density at radius 2 is 1.73 bits per heavy atom. The molecule has 0 aliphatic rings. The Morgan fingerprint density at radius 3 is 2.47 bits per heavy atom. The van der Waals surface area contributed by atoms with Gasteiger partial charge in [0, 0.05) is 43.2 Å². The van der Waals surface area contributed by atoms with Crippen molar-refractivity contribution in [2.24, 2.45) is 5.16 Å². The number of anilines is 1. The average Bonchev–Trinajstić information content (AvgIpc) is 3.06. The summed E-state index contributed by atoms with van der Waals surface area (Å²) in [5.74, 6) is 1.33. The van der Waals surface area contributed by atoms with Gasteiger partial charge in [0.05, 0.1) is 18.5 Å². The number of aromatic nitrogens is 3. The molecule has 0 amide bonds. The van der Waals surface area contributed by atoms with Crippen molar-refractivity contribution in [3.8, 4) is 11.4 Å². The Kier molecular flexibility index (Phi) is 12.8. The highest BCUT2D eigenvalue weighted by molar-refractivity contribution is 5.85. The highest BCUT2D eigenvalue weighted by Crippen LogP contribution is 2.18. The molecular formula is C37H44N6O2. The Hall–Kier alpha value is -4.82. The third kappa shape index (κ3) is 9.84. The summed E-state index contributed by atoms with van der Waals surface area (Å²) in [6.45, 7) is 10.3. The van der Waals surface area contributed by atoms with Crippen LogP contribution in [0, 0.1) is 0 Å². The second-order valence-corrected chi connectivity index (χ2v) is 10.9. The minimum atomic E-state index is -0.137. The zero-order valence-electron chi connectivity index (χ0n) is 26.8. The first-order chi connectivity index (χ1) is 22.0. The molecule has 4 aromatic rings. The number of nitrogens with one attached hydrogen (secondary N) is 2. The maximum Gasteiger partial charge on any atom is 0.277 e. The van der Waals surface area contributed by atoms with Crippen molar-refractivity contribution in [1.29, 1.82) is 0 Å². The summed E-state index contributed by atoms with van der Waals surface area (Å²) < 4.78 is 1.73. The molecule has 2 heterocycles. The van der Waals surface area contributed by atoms with E-state index < -0.39 is 0 Å². The molecule has 4 rings (SSSR count). The van der Waals surface area contributed by atoms with E-state index in [1.54, 1.807) is 10.8 Å². The van der Waals surface area contributed by atoms with Crippen molar-refractivity contribution in [2.45, 2.75) is 53.5 Å². The Labute approximate surface area is 266 Å². The first kappa shape index (κ1) is 33.1. The highest BCUT2D eigenvalue weighted by Gasteiger charge is 2.13. The van der Waals surface area contributed by atoms with Crippen molar-refractivity contribution < 1.29 is 4.84 Å². The standard InChI is InChI=1S/C37H44N6O2/c1-5-13-30-19-20-38-26-33(30)23-28(3)24-39-21-22-43-36(32-17-11-8-12-18-32)41-27-34(37(43)44)40-25-29(4)42-45-35(14-6-2)31-15-9-7-10-16-31/h7-12,14-20,23,26-27,39-40H,5-6,13,21-22,24-25H2,1-4H3/b28-23+,35-14-,42-29+. The van der Waals surface area contributed by atoms with Gasteiger partial charge < -0.3 is 15.5 Å². The number of oxime groups is 1. The molecule has 2 aromatic carbocycles. The van der Waals surface area contributed by atoms with Crippen LogP contribution in [0.5, 0.6) is 0 Å². The fourth-order valence-corrected chi connectivity index (χ4v) is 4.87. The molecule has 0 saturated carbocycles. The predicted molar refractivity (Wildman–Crippen MR) is 186 cm³/mol. The van der Waals surface area contributed by atoms with Crippen LogP contribution in [0.15, 0.2) is 107 Å². The van der Waals surface area contributed by atoms with Gasteiger partial charge in [0.2, 0.25) is 0 Å². The second-order valence-electron chi connectivity index (χ2n) is 10.9. The van der Waals surface area contributed by atoms with Crippen LogP contribution in [0.1, 0.15) is 57.2 Å². The molecule has 0 saturated heterocycles. The van der Waals surface area contributed by atoms with Crippen LogP contribution in [0.3, 0.4) is 0 Å². The maximum absolute atomic E-state index is 13.7. The number of nitrogens with zero attached hydrogens (tertiary/aromatic N) is 4. The van der Waals surface area contributed by atoms with Crippen LogP contribution in [-0.2, 0) is 17.8 Å². The van der Waals surface area contributed by atoms with E-state index in [1.807, 2.05) is 86.1 Å². The number of rotatable bonds is 16. The van der Waals surface area contributed by atoms with Gasteiger partial charge in [0.25, 0.3) is 5.56 Å². The minimum Gasteiger partial charge on any atom is -0.374 e. The lowest BCUT2D eigenvalue weighted by atomic mass is 10.0. The summed E-state index contributed by atoms with van der Waals surface area (Å²) in [5, 5.41) is 11.0. The average molecular weight is 605 g/mol. The molecule has 0 aliphatic heterocycles. The topological polar surface area (TPSA) is 93.4 Å². The third-order valence-corrected chi connectivity index (χ3v) is 7.14. The van der Waals surface area contributed by atoms with E-state index in [9.17, 15) is 4.79 Å². The van der Waals surface area contributed by atoms with Gasteiger partial charge in [-0.25, -0.2) is 4.98 Å². The van der Waals surface area contributed by atoms with Crippen molar-refractivity contribution in [2.75, 3.05) is 25.0 Å². The summed E-state index contributed by atoms with van der Waals surface area (Å²) in [6, 6.07) is 21.8. The van der Waals surface area contributed by atoms with E-state index in [-0.39, 0.29) is 5.56 Å². The Balaban J connectivity index is 1.44. The highest BCUT2D eigenvalue weighted by atomic mass is 16.6.